The van der Waals surface area contributed by atoms with Crippen LogP contribution in [0.4, 0.5) is 0 Å². The molecule has 1 aliphatic carbocycles. The van der Waals surface area contributed by atoms with E-state index in [1.165, 1.54) is 33.2 Å². The van der Waals surface area contributed by atoms with Gasteiger partial charge in [-0.25, -0.2) is 0 Å². The number of aromatic nitrogens is 1. The van der Waals surface area contributed by atoms with E-state index in [1.54, 1.807) is 0 Å². The second-order valence-corrected chi connectivity index (χ2v) is 16.5. The summed E-state index contributed by atoms with van der Waals surface area (Å²) in [5.74, 6) is 0. The van der Waals surface area contributed by atoms with Crippen molar-refractivity contribution in [3.8, 4) is 16.8 Å². The van der Waals surface area contributed by atoms with Crippen molar-refractivity contribution in [1.29, 1.82) is 0 Å². The number of fused-ring (bicyclic) bond motifs is 10. The van der Waals surface area contributed by atoms with Crippen LogP contribution in [0, 0.1) is 0 Å². The van der Waals surface area contributed by atoms with Crippen molar-refractivity contribution in [3.05, 3.63) is 108 Å². The zero-order valence-corrected chi connectivity index (χ0v) is 29.4. The topological polar surface area (TPSA) is 36.5 Å². The molecular weight excluding hydrogens is 589 g/mol. The molecule has 3 heterocycles. The number of nitrogens with zero attached hydrogens (tertiary/aromatic N) is 1. The van der Waals surface area contributed by atoms with Gasteiger partial charge in [-0.3, -0.25) is 0 Å². The van der Waals surface area contributed by atoms with Crippen LogP contribution in [-0.2, 0) is 20.1 Å². The standard InChI is InChI=1S/C43H42BNO3/c1-40(2,3)25-18-21-34-30(22-25)38-35(45(34)26-19-20-32-29(23-26)27-14-10-12-16-31(27)41(32,4)5)24-33(44-47-42(6,7)43(8,9)48-44)37-28-15-11-13-17-36(28)46-39(37)38/h10-24H,1-9H3. The fraction of sp³-hybridized carbons (Fsp3) is 0.302. The third-order valence-electron chi connectivity index (χ3n) is 11.6. The molecular formula is C43H42BNO3. The monoisotopic (exact) mass is 631 g/mol. The fourth-order valence-electron chi connectivity index (χ4n) is 8.16. The van der Waals surface area contributed by atoms with E-state index in [9.17, 15) is 0 Å². The minimum absolute atomic E-state index is 0.0128. The number of benzene rings is 5. The van der Waals surface area contributed by atoms with E-state index < -0.39 is 18.3 Å². The predicted octanol–water partition coefficient (Wildman–Crippen LogP) is 10.6. The van der Waals surface area contributed by atoms with Crippen molar-refractivity contribution in [2.45, 2.75) is 84.3 Å². The molecule has 0 saturated carbocycles. The third kappa shape index (κ3) is 3.92. The minimum Gasteiger partial charge on any atom is -0.455 e. The maximum absolute atomic E-state index is 6.88. The molecule has 0 amide bonds. The van der Waals surface area contributed by atoms with Crippen LogP contribution in [0.3, 0.4) is 0 Å². The first-order valence-electron chi connectivity index (χ1n) is 17.2. The molecule has 0 atom stereocenters. The summed E-state index contributed by atoms with van der Waals surface area (Å²) in [7, 11) is -0.549. The van der Waals surface area contributed by atoms with E-state index in [-0.39, 0.29) is 10.8 Å². The van der Waals surface area contributed by atoms with Gasteiger partial charge in [-0.1, -0.05) is 89.2 Å². The molecule has 2 aromatic heterocycles. The molecule has 5 heteroatoms. The lowest BCUT2D eigenvalue weighted by atomic mass is 9.75. The van der Waals surface area contributed by atoms with Crippen molar-refractivity contribution in [1.82, 2.24) is 4.57 Å². The van der Waals surface area contributed by atoms with Gasteiger partial charge in [0.15, 0.2) is 0 Å². The fourth-order valence-corrected chi connectivity index (χ4v) is 8.16. The van der Waals surface area contributed by atoms with Gasteiger partial charge in [0.25, 0.3) is 0 Å². The molecule has 7 aromatic rings. The quantitative estimate of drug-likeness (QED) is 0.178. The minimum atomic E-state index is -0.549. The molecule has 0 unspecified atom stereocenters. The van der Waals surface area contributed by atoms with Gasteiger partial charge in [0, 0.05) is 27.3 Å². The number of furan rings is 1. The lowest BCUT2D eigenvalue weighted by molar-refractivity contribution is 0.00578. The summed E-state index contributed by atoms with van der Waals surface area (Å²) in [4.78, 5) is 0. The summed E-state index contributed by atoms with van der Waals surface area (Å²) >= 11 is 0. The summed E-state index contributed by atoms with van der Waals surface area (Å²) in [6.45, 7) is 20.0. The van der Waals surface area contributed by atoms with Crippen LogP contribution in [-0.4, -0.2) is 22.9 Å². The highest BCUT2D eigenvalue weighted by Gasteiger charge is 2.52. The largest absolute Gasteiger partial charge is 0.495 e. The lowest BCUT2D eigenvalue weighted by Crippen LogP contribution is -2.41. The van der Waals surface area contributed by atoms with Gasteiger partial charge in [0.1, 0.15) is 11.2 Å². The molecule has 0 bridgehead atoms. The van der Waals surface area contributed by atoms with Crippen LogP contribution in [0.2, 0.25) is 0 Å². The van der Waals surface area contributed by atoms with Gasteiger partial charge >= 0.3 is 7.12 Å². The summed E-state index contributed by atoms with van der Waals surface area (Å²) < 4.78 is 22.8. The Kier molecular flexibility index (Phi) is 5.85. The second kappa shape index (κ2) is 9.43. The summed E-state index contributed by atoms with van der Waals surface area (Å²) in [5.41, 5.74) is 11.7. The van der Waals surface area contributed by atoms with E-state index in [0.29, 0.717) is 0 Å². The highest BCUT2D eigenvalue weighted by molar-refractivity contribution is 6.66. The van der Waals surface area contributed by atoms with Crippen molar-refractivity contribution in [3.63, 3.8) is 0 Å². The van der Waals surface area contributed by atoms with E-state index >= 15 is 0 Å². The molecule has 0 radical (unpaired) electrons. The Morgan fingerprint density at radius 3 is 2.06 bits per heavy atom. The van der Waals surface area contributed by atoms with E-state index in [2.05, 4.69) is 152 Å². The Hall–Kier alpha value is -4.32. The van der Waals surface area contributed by atoms with Crippen LogP contribution >= 0.6 is 0 Å². The van der Waals surface area contributed by atoms with E-state index in [0.717, 1.165) is 49.5 Å². The molecule has 1 aliphatic heterocycles. The van der Waals surface area contributed by atoms with Crippen LogP contribution in [0.25, 0.3) is 60.6 Å². The number of para-hydroxylation sites is 1. The molecule has 240 valence electrons. The Morgan fingerprint density at radius 2 is 1.31 bits per heavy atom. The normalized spacial score (nSPS) is 18.0. The Balaban J connectivity index is 1.42. The van der Waals surface area contributed by atoms with Crippen molar-refractivity contribution in [2.24, 2.45) is 0 Å². The Morgan fingerprint density at radius 1 is 0.625 bits per heavy atom. The molecule has 0 N–H and O–H groups in total. The van der Waals surface area contributed by atoms with Gasteiger partial charge in [-0.05, 0) is 103 Å². The third-order valence-corrected chi connectivity index (χ3v) is 11.6. The number of rotatable bonds is 2. The molecule has 9 rings (SSSR count). The molecule has 2 aliphatic rings. The zero-order chi connectivity index (χ0) is 33.5. The van der Waals surface area contributed by atoms with Gasteiger partial charge in [0.2, 0.25) is 0 Å². The molecule has 5 aromatic carbocycles. The molecule has 1 saturated heterocycles. The summed E-state index contributed by atoms with van der Waals surface area (Å²) in [6, 6.07) is 33.5. The van der Waals surface area contributed by atoms with E-state index in [4.69, 9.17) is 13.7 Å². The Bertz CT molecular complexity index is 2470. The highest BCUT2D eigenvalue weighted by atomic mass is 16.7. The molecule has 1 fully saturated rings. The smallest absolute Gasteiger partial charge is 0.455 e. The van der Waals surface area contributed by atoms with Crippen LogP contribution < -0.4 is 5.46 Å². The van der Waals surface area contributed by atoms with Crippen LogP contribution in [0.5, 0.6) is 0 Å². The van der Waals surface area contributed by atoms with Crippen molar-refractivity contribution in [2.75, 3.05) is 0 Å². The van der Waals surface area contributed by atoms with Gasteiger partial charge in [-0.15, -0.1) is 0 Å². The second-order valence-electron chi connectivity index (χ2n) is 16.5. The van der Waals surface area contributed by atoms with Gasteiger partial charge in [-0.2, -0.15) is 0 Å². The SMILES string of the molecule is CC(C)(C)c1ccc2c(c1)c1c3oc4ccccc4c3c(B3OC(C)(C)C(C)(C)O3)cc1n2-c1ccc2c(c1)-c1ccccc1C2(C)C. The van der Waals surface area contributed by atoms with Crippen molar-refractivity contribution >= 4 is 56.3 Å². The van der Waals surface area contributed by atoms with Gasteiger partial charge < -0.3 is 18.3 Å². The first kappa shape index (κ1) is 29.8. The van der Waals surface area contributed by atoms with Crippen LogP contribution in [0.15, 0.2) is 95.4 Å². The maximum atomic E-state index is 6.88. The van der Waals surface area contributed by atoms with E-state index in [1.807, 2.05) is 6.07 Å². The maximum Gasteiger partial charge on any atom is 0.495 e. The molecule has 4 nitrogen and oxygen atoms in total. The Labute approximate surface area is 282 Å². The zero-order valence-electron chi connectivity index (χ0n) is 29.4. The van der Waals surface area contributed by atoms with Gasteiger partial charge in [0.05, 0.1) is 27.6 Å². The van der Waals surface area contributed by atoms with Crippen LogP contribution in [0.1, 0.15) is 79.0 Å². The number of hydrogen-bond acceptors (Lipinski definition) is 3. The van der Waals surface area contributed by atoms with Crippen molar-refractivity contribution < 1.29 is 13.7 Å². The first-order valence-corrected chi connectivity index (χ1v) is 17.2. The average molecular weight is 632 g/mol. The molecule has 48 heavy (non-hydrogen) atoms. The lowest BCUT2D eigenvalue weighted by Gasteiger charge is -2.32. The average Bonchev–Trinajstić information content (AvgIpc) is 3.71. The number of hydrogen-bond donors (Lipinski definition) is 0. The summed E-state index contributed by atoms with van der Waals surface area (Å²) in [5, 5.41) is 4.43. The first-order chi connectivity index (χ1) is 22.7. The summed E-state index contributed by atoms with van der Waals surface area (Å²) in [6.07, 6.45) is 0. The molecule has 0 spiro atoms. The predicted molar refractivity (Wildman–Crippen MR) is 200 cm³/mol. The highest BCUT2D eigenvalue weighted by Crippen LogP contribution is 2.50.